The second-order valence-electron chi connectivity index (χ2n) is 8.10. The molecule has 8 heteroatoms. The highest BCUT2D eigenvalue weighted by Gasteiger charge is 2.18. The Morgan fingerprint density at radius 2 is 1.88 bits per heavy atom. The van der Waals surface area contributed by atoms with Gasteiger partial charge < -0.3 is 15.0 Å². The summed E-state index contributed by atoms with van der Waals surface area (Å²) in [5, 5.41) is 9.07. The van der Waals surface area contributed by atoms with E-state index >= 15 is 0 Å². The standard InChI is InChI=1S/C24H27N5OS2/c1-28(2)18-7-5-17(6-8-18)14-25-23-22-19(20-4-3-13-31-20)16-32-24(22)27-21(26-23)15-29-9-11-30-12-10-29/h3-8,13,16H,9-12,14-15H2,1-2H3,(H,25,26,27). The lowest BCUT2D eigenvalue weighted by molar-refractivity contribution is 0.0331. The summed E-state index contributed by atoms with van der Waals surface area (Å²) >= 11 is 3.45. The van der Waals surface area contributed by atoms with Crippen LogP contribution >= 0.6 is 22.7 Å². The molecular weight excluding hydrogens is 438 g/mol. The third-order valence-electron chi connectivity index (χ3n) is 5.65. The highest BCUT2D eigenvalue weighted by atomic mass is 32.1. The van der Waals surface area contributed by atoms with Crippen molar-refractivity contribution < 1.29 is 4.74 Å². The minimum absolute atomic E-state index is 0.719. The quantitative estimate of drug-likeness (QED) is 0.418. The summed E-state index contributed by atoms with van der Waals surface area (Å²) in [5.74, 6) is 1.78. The van der Waals surface area contributed by atoms with Crippen molar-refractivity contribution in [1.29, 1.82) is 0 Å². The molecule has 0 unspecified atom stereocenters. The fourth-order valence-corrected chi connectivity index (χ4v) is 5.64. The molecule has 1 aliphatic rings. The predicted molar refractivity (Wildman–Crippen MR) is 135 cm³/mol. The van der Waals surface area contributed by atoms with Crippen LogP contribution in [0.25, 0.3) is 20.7 Å². The van der Waals surface area contributed by atoms with Crippen LogP contribution in [0.15, 0.2) is 47.2 Å². The Morgan fingerprint density at radius 1 is 1.06 bits per heavy atom. The minimum Gasteiger partial charge on any atom is -0.379 e. The average molecular weight is 466 g/mol. The van der Waals surface area contributed by atoms with E-state index in [9.17, 15) is 0 Å². The third kappa shape index (κ3) is 4.63. The maximum atomic E-state index is 5.49. The maximum Gasteiger partial charge on any atom is 0.146 e. The highest BCUT2D eigenvalue weighted by Crippen LogP contribution is 2.39. The summed E-state index contributed by atoms with van der Waals surface area (Å²) in [4.78, 5) is 16.7. The number of benzene rings is 1. The molecule has 1 fully saturated rings. The zero-order valence-corrected chi connectivity index (χ0v) is 20.0. The van der Waals surface area contributed by atoms with Gasteiger partial charge in [0.15, 0.2) is 0 Å². The molecule has 0 atom stereocenters. The number of nitrogens with one attached hydrogen (secondary N) is 1. The molecule has 5 rings (SSSR count). The molecule has 6 nitrogen and oxygen atoms in total. The monoisotopic (exact) mass is 465 g/mol. The van der Waals surface area contributed by atoms with Crippen LogP contribution in [0.4, 0.5) is 11.5 Å². The molecule has 166 valence electrons. The molecule has 1 N–H and O–H groups in total. The van der Waals surface area contributed by atoms with Gasteiger partial charge in [0, 0.05) is 55.2 Å². The molecule has 0 aliphatic carbocycles. The van der Waals surface area contributed by atoms with Crippen LogP contribution in [0.5, 0.6) is 0 Å². The third-order valence-corrected chi connectivity index (χ3v) is 7.42. The minimum atomic E-state index is 0.719. The Kier molecular flexibility index (Phi) is 6.36. The van der Waals surface area contributed by atoms with Gasteiger partial charge in [-0.1, -0.05) is 18.2 Å². The molecule has 0 bridgehead atoms. The average Bonchev–Trinajstić information content (AvgIpc) is 3.48. The van der Waals surface area contributed by atoms with Gasteiger partial charge in [-0.15, -0.1) is 22.7 Å². The van der Waals surface area contributed by atoms with Crippen molar-refractivity contribution in [2.75, 3.05) is 50.6 Å². The molecule has 4 heterocycles. The van der Waals surface area contributed by atoms with Gasteiger partial charge in [0.05, 0.1) is 25.1 Å². The molecule has 0 spiro atoms. The summed E-state index contributed by atoms with van der Waals surface area (Å²) < 4.78 is 5.49. The number of rotatable bonds is 7. The van der Waals surface area contributed by atoms with Crippen LogP contribution in [-0.4, -0.2) is 55.3 Å². The molecule has 4 aromatic rings. The first-order valence-corrected chi connectivity index (χ1v) is 12.6. The Bertz CT molecular complexity index is 1170. The molecular formula is C24H27N5OS2. The smallest absolute Gasteiger partial charge is 0.146 e. The van der Waals surface area contributed by atoms with E-state index in [1.165, 1.54) is 21.7 Å². The molecule has 0 amide bonds. The number of hydrogen-bond acceptors (Lipinski definition) is 8. The summed E-state index contributed by atoms with van der Waals surface area (Å²) in [6.07, 6.45) is 0. The van der Waals surface area contributed by atoms with Crippen molar-refractivity contribution in [3.05, 3.63) is 58.5 Å². The number of ether oxygens (including phenoxy) is 1. The number of anilines is 2. The fourth-order valence-electron chi connectivity index (χ4n) is 3.85. The van der Waals surface area contributed by atoms with Crippen molar-refractivity contribution in [3.8, 4) is 10.4 Å². The van der Waals surface area contributed by atoms with Gasteiger partial charge in [-0.25, -0.2) is 9.97 Å². The molecule has 1 saturated heterocycles. The zero-order chi connectivity index (χ0) is 21.9. The second kappa shape index (κ2) is 9.54. The predicted octanol–water partition coefficient (Wildman–Crippen LogP) is 4.93. The Morgan fingerprint density at radius 3 is 2.59 bits per heavy atom. The van der Waals surface area contributed by atoms with E-state index in [0.29, 0.717) is 0 Å². The summed E-state index contributed by atoms with van der Waals surface area (Å²) in [6.45, 7) is 4.87. The number of thiophene rings is 2. The maximum absolute atomic E-state index is 5.49. The van der Waals surface area contributed by atoms with Crippen LogP contribution in [0.1, 0.15) is 11.4 Å². The van der Waals surface area contributed by atoms with Crippen LogP contribution in [0.3, 0.4) is 0 Å². The largest absolute Gasteiger partial charge is 0.379 e. The second-order valence-corrected chi connectivity index (χ2v) is 9.90. The highest BCUT2D eigenvalue weighted by molar-refractivity contribution is 7.18. The van der Waals surface area contributed by atoms with Crippen molar-refractivity contribution in [2.45, 2.75) is 13.1 Å². The lowest BCUT2D eigenvalue weighted by atomic mass is 10.1. The van der Waals surface area contributed by atoms with Crippen molar-refractivity contribution >= 4 is 44.4 Å². The van der Waals surface area contributed by atoms with Crippen LogP contribution in [0, 0.1) is 0 Å². The number of hydrogen-bond donors (Lipinski definition) is 1. The van der Waals surface area contributed by atoms with Gasteiger partial charge in [-0.05, 0) is 29.1 Å². The summed E-state index contributed by atoms with van der Waals surface area (Å²) in [7, 11) is 4.12. The molecule has 3 aromatic heterocycles. The van der Waals surface area contributed by atoms with Crippen LogP contribution in [-0.2, 0) is 17.8 Å². The SMILES string of the molecule is CN(C)c1ccc(CNc2nc(CN3CCOCC3)nc3scc(-c4cccs4)c23)cc1. The molecule has 0 radical (unpaired) electrons. The molecule has 1 aromatic carbocycles. The summed E-state index contributed by atoms with van der Waals surface area (Å²) in [5.41, 5.74) is 3.64. The number of aromatic nitrogens is 2. The van der Waals surface area contributed by atoms with E-state index in [1.807, 2.05) is 0 Å². The van der Waals surface area contributed by atoms with Crippen LogP contribution < -0.4 is 10.2 Å². The Balaban J connectivity index is 1.46. The first kappa shape index (κ1) is 21.3. The number of morpholine rings is 1. The van der Waals surface area contributed by atoms with Gasteiger partial charge in [0.25, 0.3) is 0 Å². The fraction of sp³-hybridized carbons (Fsp3) is 0.333. The van der Waals surface area contributed by atoms with Gasteiger partial charge in [-0.2, -0.15) is 0 Å². The zero-order valence-electron chi connectivity index (χ0n) is 18.4. The van der Waals surface area contributed by atoms with E-state index in [-0.39, 0.29) is 0 Å². The lowest BCUT2D eigenvalue weighted by Crippen LogP contribution is -2.36. The van der Waals surface area contributed by atoms with Crippen molar-refractivity contribution in [2.24, 2.45) is 0 Å². The van der Waals surface area contributed by atoms with Gasteiger partial charge in [0.1, 0.15) is 16.5 Å². The van der Waals surface area contributed by atoms with Crippen LogP contribution in [0.2, 0.25) is 0 Å². The van der Waals surface area contributed by atoms with E-state index in [0.717, 1.165) is 61.3 Å². The first-order chi connectivity index (χ1) is 15.7. The molecule has 32 heavy (non-hydrogen) atoms. The molecule has 0 saturated carbocycles. The number of nitrogens with zero attached hydrogens (tertiary/aromatic N) is 4. The van der Waals surface area contributed by atoms with E-state index in [2.05, 4.69) is 76.4 Å². The van der Waals surface area contributed by atoms with Gasteiger partial charge in [0.2, 0.25) is 0 Å². The number of fused-ring (bicyclic) bond motifs is 1. The lowest BCUT2D eigenvalue weighted by Gasteiger charge is -2.25. The van der Waals surface area contributed by atoms with Crippen molar-refractivity contribution in [1.82, 2.24) is 14.9 Å². The Labute approximate surface area is 196 Å². The van der Waals surface area contributed by atoms with E-state index < -0.39 is 0 Å². The Hall–Kier alpha value is -2.52. The first-order valence-electron chi connectivity index (χ1n) is 10.8. The van der Waals surface area contributed by atoms with Gasteiger partial charge in [-0.3, -0.25) is 4.90 Å². The normalized spacial score (nSPS) is 14.7. The van der Waals surface area contributed by atoms with Gasteiger partial charge >= 0.3 is 0 Å². The van der Waals surface area contributed by atoms with E-state index in [1.54, 1.807) is 22.7 Å². The topological polar surface area (TPSA) is 53.5 Å². The summed E-state index contributed by atoms with van der Waals surface area (Å²) in [6, 6.07) is 12.9. The van der Waals surface area contributed by atoms with E-state index in [4.69, 9.17) is 14.7 Å². The molecule has 1 aliphatic heterocycles. The van der Waals surface area contributed by atoms with Crippen molar-refractivity contribution in [3.63, 3.8) is 0 Å².